The molecule has 1 N–H and O–H groups in total. The molecule has 0 atom stereocenters. The first kappa shape index (κ1) is 15.5. The van der Waals surface area contributed by atoms with Crippen LogP contribution in [0.5, 0.6) is 0 Å². The Morgan fingerprint density at radius 3 is 2.57 bits per heavy atom. The van der Waals surface area contributed by atoms with Gasteiger partial charge in [0.15, 0.2) is 5.69 Å². The number of anilines is 1. The number of hydrogen-bond donors (Lipinski definition) is 1. The zero-order valence-electron chi connectivity index (χ0n) is 10.6. The summed E-state index contributed by atoms with van der Waals surface area (Å²) in [5.41, 5.74) is -0.394. The van der Waals surface area contributed by atoms with Crippen molar-refractivity contribution >= 4 is 17.4 Å². The fourth-order valence-electron chi connectivity index (χ4n) is 1.68. The molecule has 0 saturated carbocycles. The molecule has 3 nitrogen and oxygen atoms in total. The molecule has 2 aromatic rings. The molecule has 0 spiro atoms. The van der Waals surface area contributed by atoms with E-state index in [1.54, 1.807) is 12.1 Å². The van der Waals surface area contributed by atoms with Crippen molar-refractivity contribution in [3.63, 3.8) is 0 Å². The zero-order chi connectivity index (χ0) is 15.5. The van der Waals surface area contributed by atoms with Crippen LogP contribution in [0.1, 0.15) is 11.3 Å². The summed E-state index contributed by atoms with van der Waals surface area (Å²) in [7, 11) is 0. The topological polar surface area (TPSA) is 37.8 Å². The van der Waals surface area contributed by atoms with E-state index in [2.05, 4.69) is 15.3 Å². The molecule has 1 heterocycles. The Hall–Kier alpha value is -1.89. The molecule has 1 aromatic heterocycles. The highest BCUT2D eigenvalue weighted by atomic mass is 35.5. The summed E-state index contributed by atoms with van der Waals surface area (Å²) >= 11 is 5.46. The highest BCUT2D eigenvalue weighted by molar-refractivity contribution is 6.28. The summed E-state index contributed by atoms with van der Waals surface area (Å²) in [6.45, 7) is 0.286. The summed E-state index contributed by atoms with van der Waals surface area (Å²) in [4.78, 5) is 6.79. The molecule has 112 valence electrons. The van der Waals surface area contributed by atoms with Crippen LogP contribution in [-0.2, 0) is 12.6 Å². The lowest BCUT2D eigenvalue weighted by Crippen LogP contribution is -2.12. The molecule has 0 radical (unpaired) electrons. The summed E-state index contributed by atoms with van der Waals surface area (Å²) in [5, 5.41) is 2.22. The van der Waals surface area contributed by atoms with Crippen LogP contribution >= 0.6 is 11.6 Å². The van der Waals surface area contributed by atoms with E-state index >= 15 is 0 Å². The minimum absolute atomic E-state index is 0.0290. The third kappa shape index (κ3) is 4.56. The quantitative estimate of drug-likeness (QED) is 0.685. The van der Waals surface area contributed by atoms with Crippen LogP contribution < -0.4 is 5.32 Å². The van der Waals surface area contributed by atoms with E-state index in [1.807, 2.05) is 0 Å². The van der Waals surface area contributed by atoms with E-state index in [1.165, 1.54) is 12.1 Å². The molecule has 0 saturated heterocycles. The Kier molecular flexibility index (Phi) is 4.62. The maximum atomic E-state index is 13.0. The minimum Gasteiger partial charge on any atom is -0.370 e. The van der Waals surface area contributed by atoms with Gasteiger partial charge in [0.2, 0.25) is 5.28 Å². The third-order valence-corrected chi connectivity index (χ3v) is 2.77. The number of nitrogens with one attached hydrogen (secondary N) is 1. The summed E-state index contributed by atoms with van der Waals surface area (Å²) in [6.07, 6.45) is -4.16. The van der Waals surface area contributed by atoms with E-state index in [0.29, 0.717) is 6.42 Å². The van der Waals surface area contributed by atoms with Gasteiger partial charge in [0.1, 0.15) is 11.6 Å². The normalized spacial score (nSPS) is 11.5. The Balaban J connectivity index is 2.02. The van der Waals surface area contributed by atoms with Gasteiger partial charge in [-0.25, -0.2) is 14.4 Å². The van der Waals surface area contributed by atoms with Gasteiger partial charge in [0.05, 0.1) is 0 Å². The highest BCUT2D eigenvalue weighted by Gasteiger charge is 2.33. The van der Waals surface area contributed by atoms with Crippen molar-refractivity contribution in [2.24, 2.45) is 0 Å². The van der Waals surface area contributed by atoms with Crippen LogP contribution in [0.2, 0.25) is 5.28 Å². The maximum Gasteiger partial charge on any atom is 0.433 e. The van der Waals surface area contributed by atoms with E-state index in [4.69, 9.17) is 11.6 Å². The van der Waals surface area contributed by atoms with Crippen molar-refractivity contribution in [2.75, 3.05) is 11.9 Å². The largest absolute Gasteiger partial charge is 0.433 e. The molecule has 0 aliphatic rings. The fraction of sp³-hybridized carbons (Fsp3) is 0.231. The number of aromatic nitrogens is 2. The van der Waals surface area contributed by atoms with Crippen LogP contribution in [-0.4, -0.2) is 16.5 Å². The Morgan fingerprint density at radius 2 is 1.90 bits per heavy atom. The summed E-state index contributed by atoms with van der Waals surface area (Å²) < 4.78 is 50.7. The SMILES string of the molecule is Fc1cccc(CCNc2cc(C(F)(F)F)nc(Cl)n2)c1. The molecule has 1 aromatic carbocycles. The summed E-state index contributed by atoms with van der Waals surface area (Å²) in [5.74, 6) is -0.393. The second-order valence-electron chi connectivity index (χ2n) is 4.21. The Labute approximate surface area is 123 Å². The molecule has 21 heavy (non-hydrogen) atoms. The first-order chi connectivity index (χ1) is 9.84. The van der Waals surface area contributed by atoms with Crippen molar-refractivity contribution in [3.8, 4) is 0 Å². The van der Waals surface area contributed by atoms with Gasteiger partial charge in [-0.2, -0.15) is 13.2 Å². The standard InChI is InChI=1S/C13H10ClF4N3/c14-12-20-10(13(16,17)18)7-11(21-12)19-5-4-8-2-1-3-9(15)6-8/h1-3,6-7H,4-5H2,(H,19,20,21). The average molecular weight is 320 g/mol. The molecule has 0 amide bonds. The number of rotatable bonds is 4. The van der Waals surface area contributed by atoms with Crippen molar-refractivity contribution in [1.82, 2.24) is 9.97 Å². The van der Waals surface area contributed by atoms with E-state index in [-0.39, 0.29) is 18.2 Å². The molecule has 8 heteroatoms. The van der Waals surface area contributed by atoms with Gasteiger partial charge in [0, 0.05) is 12.6 Å². The smallest absolute Gasteiger partial charge is 0.370 e. The molecular formula is C13H10ClF4N3. The predicted octanol–water partition coefficient (Wildman–Crippen LogP) is 3.94. The molecule has 0 aliphatic heterocycles. The number of alkyl halides is 3. The van der Waals surface area contributed by atoms with Gasteiger partial charge >= 0.3 is 6.18 Å². The van der Waals surface area contributed by atoms with Gasteiger partial charge in [-0.05, 0) is 35.7 Å². The first-order valence-electron chi connectivity index (χ1n) is 5.95. The van der Waals surface area contributed by atoms with Crippen molar-refractivity contribution < 1.29 is 17.6 Å². The lowest BCUT2D eigenvalue weighted by atomic mass is 10.1. The van der Waals surface area contributed by atoms with Crippen LogP contribution in [0.3, 0.4) is 0 Å². The van der Waals surface area contributed by atoms with E-state index < -0.39 is 17.2 Å². The second-order valence-corrected chi connectivity index (χ2v) is 4.55. The van der Waals surface area contributed by atoms with Crippen molar-refractivity contribution in [1.29, 1.82) is 0 Å². The van der Waals surface area contributed by atoms with Crippen molar-refractivity contribution in [2.45, 2.75) is 12.6 Å². The van der Waals surface area contributed by atoms with E-state index in [0.717, 1.165) is 11.6 Å². The molecule has 0 bridgehead atoms. The maximum absolute atomic E-state index is 13.0. The molecule has 0 unspecified atom stereocenters. The minimum atomic E-state index is -4.59. The zero-order valence-corrected chi connectivity index (χ0v) is 11.3. The van der Waals surface area contributed by atoms with Gasteiger partial charge in [-0.15, -0.1) is 0 Å². The van der Waals surface area contributed by atoms with Gasteiger partial charge in [-0.1, -0.05) is 12.1 Å². The molecule has 2 rings (SSSR count). The first-order valence-corrected chi connectivity index (χ1v) is 6.32. The van der Waals surface area contributed by atoms with Crippen LogP contribution in [0.25, 0.3) is 0 Å². The Morgan fingerprint density at radius 1 is 1.14 bits per heavy atom. The lowest BCUT2D eigenvalue weighted by molar-refractivity contribution is -0.141. The number of hydrogen-bond acceptors (Lipinski definition) is 3. The van der Waals surface area contributed by atoms with Gasteiger partial charge < -0.3 is 5.32 Å². The molecule has 0 aliphatic carbocycles. The van der Waals surface area contributed by atoms with E-state index in [9.17, 15) is 17.6 Å². The highest BCUT2D eigenvalue weighted by Crippen LogP contribution is 2.29. The monoisotopic (exact) mass is 319 g/mol. The van der Waals surface area contributed by atoms with Crippen molar-refractivity contribution in [3.05, 3.63) is 52.7 Å². The average Bonchev–Trinajstić information content (AvgIpc) is 2.37. The van der Waals surface area contributed by atoms with Gasteiger partial charge in [0.25, 0.3) is 0 Å². The van der Waals surface area contributed by atoms with Crippen LogP contribution in [0, 0.1) is 5.82 Å². The third-order valence-electron chi connectivity index (χ3n) is 2.60. The number of halogens is 5. The Bertz CT molecular complexity index is 631. The summed E-state index contributed by atoms with van der Waals surface area (Å²) in [6, 6.07) is 6.73. The van der Waals surface area contributed by atoms with Crippen LogP contribution in [0.4, 0.5) is 23.4 Å². The number of nitrogens with zero attached hydrogens (tertiary/aromatic N) is 2. The van der Waals surface area contributed by atoms with Gasteiger partial charge in [-0.3, -0.25) is 0 Å². The molecule has 0 fully saturated rings. The number of benzene rings is 1. The van der Waals surface area contributed by atoms with Crippen LogP contribution in [0.15, 0.2) is 30.3 Å². The lowest BCUT2D eigenvalue weighted by Gasteiger charge is -2.10. The fourth-order valence-corrected chi connectivity index (χ4v) is 1.86. The second kappa shape index (κ2) is 6.26. The predicted molar refractivity (Wildman–Crippen MR) is 70.6 cm³/mol. The molecular weight excluding hydrogens is 310 g/mol.